The maximum atomic E-state index is 12.9. The Kier molecular flexibility index (Phi) is 10.7. The number of H-pyrrole nitrogens is 1. The van der Waals surface area contributed by atoms with Crippen LogP contribution in [0.4, 0.5) is 0 Å². The molecule has 0 aliphatic rings. The van der Waals surface area contributed by atoms with Gasteiger partial charge in [-0.2, -0.15) is 11.8 Å². The minimum Gasteiger partial charge on any atom is -0.480 e. The van der Waals surface area contributed by atoms with Gasteiger partial charge >= 0.3 is 5.97 Å². The van der Waals surface area contributed by atoms with Gasteiger partial charge in [0.1, 0.15) is 12.1 Å². The van der Waals surface area contributed by atoms with Gasteiger partial charge in [-0.1, -0.05) is 18.2 Å². The Morgan fingerprint density at radius 3 is 2.50 bits per heavy atom. The quantitative estimate of drug-likeness (QED) is 0.108. The van der Waals surface area contributed by atoms with E-state index in [-0.39, 0.29) is 31.8 Å². The Balaban J connectivity index is 2.07. The molecule has 1 aromatic heterocycles. The molecule has 34 heavy (non-hydrogen) atoms. The average Bonchev–Trinajstić information content (AvgIpc) is 3.20. The fourth-order valence-electron chi connectivity index (χ4n) is 3.45. The Morgan fingerprint density at radius 2 is 1.82 bits per heavy atom. The zero-order valence-corrected chi connectivity index (χ0v) is 19.9. The number of hydrogen-bond acceptors (Lipinski definition) is 6. The molecule has 0 bridgehead atoms. The third kappa shape index (κ3) is 8.27. The number of aromatic amines is 1. The molecule has 186 valence electrons. The van der Waals surface area contributed by atoms with Gasteiger partial charge in [-0.05, 0) is 49.3 Å². The maximum Gasteiger partial charge on any atom is 0.326 e. The van der Waals surface area contributed by atoms with Crippen molar-refractivity contribution in [3.63, 3.8) is 0 Å². The number of carboxylic acids is 1. The highest BCUT2D eigenvalue weighted by Crippen LogP contribution is 2.18. The van der Waals surface area contributed by atoms with Gasteiger partial charge in [-0.25, -0.2) is 4.79 Å². The first-order chi connectivity index (χ1) is 16.2. The van der Waals surface area contributed by atoms with E-state index in [4.69, 9.17) is 17.2 Å². The zero-order chi connectivity index (χ0) is 25.1. The largest absolute Gasteiger partial charge is 0.480 e. The summed E-state index contributed by atoms with van der Waals surface area (Å²) in [6.07, 6.45) is 4.79. The summed E-state index contributed by atoms with van der Waals surface area (Å²) in [4.78, 5) is 44.3. The third-order valence-electron chi connectivity index (χ3n) is 5.26. The first-order valence-corrected chi connectivity index (χ1v) is 12.3. The number of aliphatic carboxylic acids is 1. The van der Waals surface area contributed by atoms with E-state index in [1.807, 2.05) is 30.5 Å². The molecule has 0 aliphatic carbocycles. The number of guanidine groups is 1. The van der Waals surface area contributed by atoms with Crippen LogP contribution in [0.5, 0.6) is 0 Å². The van der Waals surface area contributed by atoms with Crippen LogP contribution in [-0.4, -0.2) is 70.5 Å². The van der Waals surface area contributed by atoms with Crippen LogP contribution in [0.15, 0.2) is 35.5 Å². The molecule has 0 aliphatic heterocycles. The summed E-state index contributed by atoms with van der Waals surface area (Å²) in [5, 5.41) is 15.6. The number of benzene rings is 1. The van der Waals surface area contributed by atoms with Crippen LogP contribution in [0.25, 0.3) is 10.9 Å². The minimum absolute atomic E-state index is 0.0752. The molecule has 2 aromatic rings. The van der Waals surface area contributed by atoms with Crippen LogP contribution in [-0.2, 0) is 20.8 Å². The smallest absolute Gasteiger partial charge is 0.326 e. The van der Waals surface area contributed by atoms with Gasteiger partial charge in [0.05, 0.1) is 6.04 Å². The van der Waals surface area contributed by atoms with E-state index in [9.17, 15) is 19.5 Å². The summed E-state index contributed by atoms with van der Waals surface area (Å²) in [7, 11) is 0. The van der Waals surface area contributed by atoms with Crippen molar-refractivity contribution in [1.29, 1.82) is 0 Å². The normalized spacial score (nSPS) is 13.6. The Bertz CT molecular complexity index is 1010. The molecule has 10 N–H and O–H groups in total. The molecule has 3 unspecified atom stereocenters. The molecular formula is C22H33N7O4S. The topological polar surface area (TPSA) is 202 Å². The fourth-order valence-corrected chi connectivity index (χ4v) is 3.92. The molecule has 0 radical (unpaired) electrons. The number of nitrogens with zero attached hydrogens (tertiary/aromatic N) is 1. The number of aromatic nitrogens is 1. The maximum absolute atomic E-state index is 12.9. The second kappa shape index (κ2) is 13.5. The van der Waals surface area contributed by atoms with Gasteiger partial charge in [0.2, 0.25) is 11.8 Å². The summed E-state index contributed by atoms with van der Waals surface area (Å²) in [5.74, 6) is -1.75. The van der Waals surface area contributed by atoms with Crippen molar-refractivity contribution in [2.75, 3.05) is 18.6 Å². The summed E-state index contributed by atoms with van der Waals surface area (Å²) in [5.41, 5.74) is 18.6. The molecule has 12 heteroatoms. The number of fused-ring (bicyclic) bond motifs is 1. The molecule has 0 saturated heterocycles. The Hall–Kier alpha value is -3.25. The van der Waals surface area contributed by atoms with Gasteiger partial charge in [-0.3, -0.25) is 14.6 Å². The van der Waals surface area contributed by atoms with Crippen LogP contribution >= 0.6 is 11.8 Å². The molecule has 11 nitrogen and oxygen atoms in total. The van der Waals surface area contributed by atoms with Crippen molar-refractivity contribution in [2.45, 2.75) is 43.8 Å². The number of carboxylic acid groups (broad SMARTS) is 1. The van der Waals surface area contributed by atoms with E-state index in [0.717, 1.165) is 16.5 Å². The number of para-hydroxylation sites is 1. The summed E-state index contributed by atoms with van der Waals surface area (Å²) >= 11 is 1.48. The predicted molar refractivity (Wildman–Crippen MR) is 134 cm³/mol. The van der Waals surface area contributed by atoms with E-state index in [2.05, 4.69) is 20.6 Å². The number of rotatable bonds is 14. The molecule has 1 aromatic carbocycles. The standard InChI is InChI=1S/C22H33N7O4S/c1-34-10-8-18(21(32)33)29-20(31)17(7-4-9-26-22(24)25)28-19(30)15(23)11-13-12-27-16-6-3-2-5-14(13)16/h2-3,5-6,12,15,17-18,27H,4,7-11,23H2,1H3,(H,28,30)(H,29,31)(H,32,33)(H4,24,25,26). The highest BCUT2D eigenvalue weighted by molar-refractivity contribution is 7.98. The van der Waals surface area contributed by atoms with Gasteiger partial charge < -0.3 is 37.9 Å². The number of nitrogens with one attached hydrogen (secondary N) is 3. The number of aliphatic imine (C=N–C) groups is 1. The van der Waals surface area contributed by atoms with Gasteiger partial charge in [0.25, 0.3) is 0 Å². The molecule has 3 atom stereocenters. The highest BCUT2D eigenvalue weighted by atomic mass is 32.2. The molecule has 0 spiro atoms. The van der Waals surface area contributed by atoms with Gasteiger partial charge in [0.15, 0.2) is 5.96 Å². The minimum atomic E-state index is -1.14. The van der Waals surface area contributed by atoms with Crippen LogP contribution < -0.4 is 27.8 Å². The van der Waals surface area contributed by atoms with Crippen molar-refractivity contribution in [3.8, 4) is 0 Å². The molecule has 1 heterocycles. The van der Waals surface area contributed by atoms with Gasteiger partial charge in [-0.15, -0.1) is 0 Å². The lowest BCUT2D eigenvalue weighted by Gasteiger charge is -2.23. The van der Waals surface area contributed by atoms with E-state index >= 15 is 0 Å². The number of nitrogens with two attached hydrogens (primary N) is 3. The van der Waals surface area contributed by atoms with E-state index < -0.39 is 35.9 Å². The molecular weight excluding hydrogens is 458 g/mol. The predicted octanol–water partition coefficient (Wildman–Crippen LogP) is -0.101. The monoisotopic (exact) mass is 491 g/mol. The van der Waals surface area contributed by atoms with E-state index in [1.54, 1.807) is 6.20 Å². The Labute approximate surface area is 202 Å². The lowest BCUT2D eigenvalue weighted by Crippen LogP contribution is -2.54. The summed E-state index contributed by atoms with van der Waals surface area (Å²) < 4.78 is 0. The van der Waals surface area contributed by atoms with Crippen LogP contribution in [0, 0.1) is 0 Å². The summed E-state index contributed by atoms with van der Waals surface area (Å²) in [6.45, 7) is 0.262. The number of carbonyl (C=O) groups excluding carboxylic acids is 2. The van der Waals surface area contributed by atoms with E-state index in [0.29, 0.717) is 12.2 Å². The molecule has 0 saturated carbocycles. The van der Waals surface area contributed by atoms with Gasteiger partial charge in [0, 0.05) is 23.6 Å². The fraction of sp³-hybridized carbons (Fsp3) is 0.455. The second-order valence-corrected chi connectivity index (χ2v) is 8.85. The number of thioether (sulfide) groups is 1. The number of carbonyl (C=O) groups is 3. The number of amides is 2. The van der Waals surface area contributed by atoms with Crippen LogP contribution in [0.2, 0.25) is 0 Å². The highest BCUT2D eigenvalue weighted by Gasteiger charge is 2.28. The van der Waals surface area contributed by atoms with Crippen molar-refractivity contribution in [3.05, 3.63) is 36.0 Å². The van der Waals surface area contributed by atoms with Crippen molar-refractivity contribution in [2.24, 2.45) is 22.2 Å². The SMILES string of the molecule is CSCCC(NC(=O)C(CCCN=C(N)N)NC(=O)C(N)Cc1c[nH]c2ccccc12)C(=O)O. The molecule has 2 rings (SSSR count). The lowest BCUT2D eigenvalue weighted by atomic mass is 10.0. The van der Waals surface area contributed by atoms with Crippen LogP contribution in [0.1, 0.15) is 24.8 Å². The van der Waals surface area contributed by atoms with E-state index in [1.165, 1.54) is 11.8 Å². The van der Waals surface area contributed by atoms with Crippen molar-refractivity contribution < 1.29 is 19.5 Å². The average molecular weight is 492 g/mol. The molecule has 2 amide bonds. The first-order valence-electron chi connectivity index (χ1n) is 10.9. The second-order valence-electron chi connectivity index (χ2n) is 7.86. The van der Waals surface area contributed by atoms with Crippen molar-refractivity contribution >= 4 is 46.4 Å². The lowest BCUT2D eigenvalue weighted by molar-refractivity contribution is -0.142. The van der Waals surface area contributed by atoms with Crippen molar-refractivity contribution in [1.82, 2.24) is 15.6 Å². The number of hydrogen-bond donors (Lipinski definition) is 7. The van der Waals surface area contributed by atoms with Crippen LogP contribution in [0.3, 0.4) is 0 Å². The third-order valence-corrected chi connectivity index (χ3v) is 5.90. The Morgan fingerprint density at radius 1 is 1.12 bits per heavy atom. The molecule has 0 fully saturated rings. The zero-order valence-electron chi connectivity index (χ0n) is 19.1. The summed E-state index contributed by atoms with van der Waals surface area (Å²) in [6, 6.07) is 4.73. The first kappa shape index (κ1) is 27.0.